The quantitative estimate of drug-likeness (QED) is 0.404. The van der Waals surface area contributed by atoms with Crippen molar-refractivity contribution in [2.75, 3.05) is 0 Å². The SMILES string of the molecule is SC1(S)C=CC(c2ccccc2)C=C1. The van der Waals surface area contributed by atoms with E-state index in [-0.39, 0.29) is 4.08 Å². The van der Waals surface area contributed by atoms with Gasteiger partial charge in [0.05, 0.1) is 4.08 Å². The van der Waals surface area contributed by atoms with Gasteiger partial charge in [0.25, 0.3) is 0 Å². The van der Waals surface area contributed by atoms with Gasteiger partial charge in [0.1, 0.15) is 0 Å². The monoisotopic (exact) mass is 220 g/mol. The Hall–Kier alpha value is -0.600. The average Bonchev–Trinajstić information content (AvgIpc) is 2.19. The van der Waals surface area contributed by atoms with E-state index in [1.165, 1.54) is 5.56 Å². The molecule has 0 N–H and O–H groups in total. The van der Waals surface area contributed by atoms with Crippen LogP contribution in [0.2, 0.25) is 0 Å². The third-order valence-electron chi connectivity index (χ3n) is 2.28. The molecule has 1 aliphatic rings. The summed E-state index contributed by atoms with van der Waals surface area (Å²) in [5.41, 5.74) is 1.30. The maximum atomic E-state index is 4.36. The molecule has 1 aromatic rings. The number of hydrogen-bond acceptors (Lipinski definition) is 2. The second-order valence-corrected chi connectivity index (χ2v) is 5.27. The van der Waals surface area contributed by atoms with E-state index in [1.807, 2.05) is 18.2 Å². The summed E-state index contributed by atoms with van der Waals surface area (Å²) in [5, 5.41) is 0. The highest BCUT2D eigenvalue weighted by Gasteiger charge is 2.17. The van der Waals surface area contributed by atoms with Crippen LogP contribution >= 0.6 is 25.3 Å². The van der Waals surface area contributed by atoms with Crippen LogP contribution in [0.3, 0.4) is 0 Å². The van der Waals surface area contributed by atoms with Crippen molar-refractivity contribution >= 4 is 25.3 Å². The van der Waals surface area contributed by atoms with Crippen molar-refractivity contribution in [2.45, 2.75) is 10.00 Å². The average molecular weight is 220 g/mol. The van der Waals surface area contributed by atoms with Crippen LogP contribution in [0, 0.1) is 0 Å². The first-order chi connectivity index (χ1) is 6.67. The number of thiol groups is 2. The molecule has 0 bridgehead atoms. The van der Waals surface area contributed by atoms with Crippen molar-refractivity contribution in [1.82, 2.24) is 0 Å². The molecule has 0 unspecified atom stereocenters. The Morgan fingerprint density at radius 2 is 1.50 bits per heavy atom. The van der Waals surface area contributed by atoms with Gasteiger partial charge in [0.15, 0.2) is 0 Å². The molecular formula is C12H12S2. The number of rotatable bonds is 1. The second kappa shape index (κ2) is 3.87. The smallest absolute Gasteiger partial charge is 0.0917 e. The lowest BCUT2D eigenvalue weighted by Gasteiger charge is -2.20. The Morgan fingerprint density at radius 1 is 0.929 bits per heavy atom. The molecule has 1 aliphatic carbocycles. The van der Waals surface area contributed by atoms with Crippen LogP contribution in [0.1, 0.15) is 11.5 Å². The first-order valence-electron chi connectivity index (χ1n) is 4.56. The van der Waals surface area contributed by atoms with Crippen LogP contribution in [0.15, 0.2) is 54.6 Å². The normalized spacial score (nSPS) is 19.9. The molecule has 0 heterocycles. The minimum Gasteiger partial charge on any atom is -0.154 e. The van der Waals surface area contributed by atoms with Gasteiger partial charge in [-0.25, -0.2) is 0 Å². The van der Waals surface area contributed by atoms with Gasteiger partial charge < -0.3 is 0 Å². The van der Waals surface area contributed by atoms with E-state index in [0.717, 1.165) is 0 Å². The zero-order valence-corrected chi connectivity index (χ0v) is 9.46. The van der Waals surface area contributed by atoms with E-state index in [2.05, 4.69) is 61.7 Å². The molecule has 2 rings (SSSR count). The zero-order valence-electron chi connectivity index (χ0n) is 7.67. The van der Waals surface area contributed by atoms with Gasteiger partial charge in [0.2, 0.25) is 0 Å². The molecule has 72 valence electrons. The molecule has 1 aromatic carbocycles. The summed E-state index contributed by atoms with van der Waals surface area (Å²) in [6, 6.07) is 10.4. The van der Waals surface area contributed by atoms with Crippen LogP contribution in [-0.2, 0) is 0 Å². The Labute approximate surface area is 95.5 Å². The van der Waals surface area contributed by atoms with Crippen molar-refractivity contribution in [3.05, 3.63) is 60.2 Å². The highest BCUT2D eigenvalue weighted by atomic mass is 32.2. The lowest BCUT2D eigenvalue weighted by molar-refractivity contribution is 1.03. The van der Waals surface area contributed by atoms with Crippen LogP contribution in [0.5, 0.6) is 0 Å². The van der Waals surface area contributed by atoms with Crippen molar-refractivity contribution < 1.29 is 0 Å². The summed E-state index contributed by atoms with van der Waals surface area (Å²) in [7, 11) is 0. The van der Waals surface area contributed by atoms with Crippen molar-refractivity contribution in [2.24, 2.45) is 0 Å². The summed E-state index contributed by atoms with van der Waals surface area (Å²) in [6.07, 6.45) is 8.29. The maximum absolute atomic E-state index is 4.36. The molecule has 0 atom stereocenters. The van der Waals surface area contributed by atoms with Gasteiger partial charge in [-0.2, -0.15) is 25.3 Å². The third-order valence-corrected chi connectivity index (χ3v) is 2.88. The van der Waals surface area contributed by atoms with Crippen LogP contribution in [0.25, 0.3) is 0 Å². The predicted octanol–water partition coefficient (Wildman–Crippen LogP) is 3.45. The van der Waals surface area contributed by atoms with E-state index in [4.69, 9.17) is 0 Å². The lowest BCUT2D eigenvalue weighted by atomic mass is 9.95. The number of allylic oxidation sites excluding steroid dienone is 2. The molecular weight excluding hydrogens is 208 g/mol. The van der Waals surface area contributed by atoms with Crippen molar-refractivity contribution in [3.63, 3.8) is 0 Å². The number of benzene rings is 1. The molecule has 0 radical (unpaired) electrons. The zero-order chi connectivity index (χ0) is 10.0. The van der Waals surface area contributed by atoms with E-state index < -0.39 is 0 Å². The second-order valence-electron chi connectivity index (χ2n) is 3.44. The molecule has 0 fully saturated rings. The van der Waals surface area contributed by atoms with Crippen LogP contribution < -0.4 is 0 Å². The van der Waals surface area contributed by atoms with Gasteiger partial charge >= 0.3 is 0 Å². The Kier molecular flexibility index (Phi) is 2.75. The minimum absolute atomic E-state index is 0.364. The van der Waals surface area contributed by atoms with E-state index in [9.17, 15) is 0 Å². The van der Waals surface area contributed by atoms with Crippen LogP contribution in [-0.4, -0.2) is 4.08 Å². The molecule has 2 heteroatoms. The first-order valence-corrected chi connectivity index (χ1v) is 5.45. The summed E-state index contributed by atoms with van der Waals surface area (Å²) in [6.45, 7) is 0. The predicted molar refractivity (Wildman–Crippen MR) is 68.2 cm³/mol. The number of hydrogen-bond donors (Lipinski definition) is 2. The highest BCUT2D eigenvalue weighted by molar-refractivity contribution is 8.01. The largest absolute Gasteiger partial charge is 0.154 e. The summed E-state index contributed by atoms with van der Waals surface area (Å²) in [4.78, 5) is 0. The standard InChI is InChI=1S/C12H12S2/c13-12(14)8-6-11(7-9-12)10-4-2-1-3-5-10/h1-9,11,13-14H. The van der Waals surface area contributed by atoms with E-state index >= 15 is 0 Å². The Morgan fingerprint density at radius 3 is 2.07 bits per heavy atom. The maximum Gasteiger partial charge on any atom is 0.0917 e. The fourth-order valence-electron chi connectivity index (χ4n) is 1.51. The molecule has 14 heavy (non-hydrogen) atoms. The summed E-state index contributed by atoms with van der Waals surface area (Å²) < 4.78 is -0.384. The van der Waals surface area contributed by atoms with Crippen LogP contribution in [0.4, 0.5) is 0 Å². The summed E-state index contributed by atoms with van der Waals surface area (Å²) >= 11 is 8.72. The minimum atomic E-state index is -0.384. The van der Waals surface area contributed by atoms with Gasteiger partial charge in [-0.05, 0) is 5.56 Å². The topological polar surface area (TPSA) is 0 Å². The van der Waals surface area contributed by atoms with Gasteiger partial charge in [-0.15, -0.1) is 0 Å². The summed E-state index contributed by atoms with van der Waals surface area (Å²) in [5.74, 6) is 0.364. The highest BCUT2D eigenvalue weighted by Crippen LogP contribution is 2.32. The molecule has 0 saturated carbocycles. The molecule has 0 saturated heterocycles. The van der Waals surface area contributed by atoms with E-state index in [1.54, 1.807) is 0 Å². The first kappa shape index (κ1) is 9.94. The lowest BCUT2D eigenvalue weighted by Crippen LogP contribution is -2.09. The molecule has 0 amide bonds. The van der Waals surface area contributed by atoms with Gasteiger partial charge in [-0.1, -0.05) is 54.6 Å². The van der Waals surface area contributed by atoms with Gasteiger partial charge in [0, 0.05) is 5.92 Å². The fourth-order valence-corrected chi connectivity index (χ4v) is 1.85. The fraction of sp³-hybridized carbons (Fsp3) is 0.167. The molecule has 0 aromatic heterocycles. The molecule has 0 aliphatic heterocycles. The Balaban J connectivity index is 2.22. The third kappa shape index (κ3) is 2.25. The van der Waals surface area contributed by atoms with Crippen molar-refractivity contribution in [1.29, 1.82) is 0 Å². The van der Waals surface area contributed by atoms with Crippen molar-refractivity contribution in [3.8, 4) is 0 Å². The molecule has 0 spiro atoms. The van der Waals surface area contributed by atoms with E-state index in [0.29, 0.717) is 5.92 Å². The molecule has 0 nitrogen and oxygen atoms in total. The Bertz CT molecular complexity index is 347. The van der Waals surface area contributed by atoms with Gasteiger partial charge in [-0.3, -0.25) is 0 Å².